The first-order chi connectivity index (χ1) is 36.2. The average Bonchev–Trinajstić information content (AvgIpc) is 4.03. The van der Waals surface area contributed by atoms with Gasteiger partial charge in [0.15, 0.2) is 0 Å². The normalized spacial score (nSPS) is 13.7. The van der Waals surface area contributed by atoms with Crippen LogP contribution >= 0.6 is 0 Å². The number of benzene rings is 11. The summed E-state index contributed by atoms with van der Waals surface area (Å²) in [6, 6.07) is 92.2. The van der Waals surface area contributed by atoms with Gasteiger partial charge in [-0.25, -0.2) is 0 Å². The van der Waals surface area contributed by atoms with Gasteiger partial charge in [-0.05, 0) is 136 Å². The van der Waals surface area contributed by atoms with E-state index in [0.717, 1.165) is 27.5 Å². The Hall–Kier alpha value is -8.78. The summed E-state index contributed by atoms with van der Waals surface area (Å²) in [7, 11) is 0. The summed E-state index contributed by atoms with van der Waals surface area (Å²) in [5, 5.41) is 2.32. The number of hydrogen-bond donors (Lipinski definition) is 0. The van der Waals surface area contributed by atoms with E-state index in [1.165, 1.54) is 111 Å². The lowest BCUT2D eigenvalue weighted by Gasteiger charge is -2.25. The molecule has 2 aliphatic carbocycles. The van der Waals surface area contributed by atoms with Crippen LogP contribution in [0.15, 0.2) is 253 Å². The van der Waals surface area contributed by atoms with Crippen molar-refractivity contribution < 1.29 is 4.42 Å². The van der Waals surface area contributed by atoms with Crippen LogP contribution in [0.5, 0.6) is 0 Å². The molecule has 0 saturated heterocycles. The summed E-state index contributed by atoms with van der Waals surface area (Å²) >= 11 is 0. The molecule has 0 radical (unpaired) electrons. The topological polar surface area (TPSA) is 13.1 Å². The molecule has 2 aliphatic rings. The van der Waals surface area contributed by atoms with Crippen molar-refractivity contribution in [3.8, 4) is 77.9 Å². The zero-order chi connectivity index (χ0) is 49.7. The molecule has 0 fully saturated rings. The third-order valence-corrected chi connectivity index (χ3v) is 16.7. The molecular weight excluding hydrogens is 893 g/mol. The van der Waals surface area contributed by atoms with E-state index < -0.39 is 0 Å². The van der Waals surface area contributed by atoms with Crippen molar-refractivity contribution in [2.75, 3.05) is 0 Å². The van der Waals surface area contributed by atoms with Gasteiger partial charge >= 0.3 is 0 Å². The number of para-hydroxylation sites is 2. The smallest absolute Gasteiger partial charge is 0.143 e. The highest BCUT2D eigenvalue weighted by molar-refractivity contribution is 6.09. The summed E-state index contributed by atoms with van der Waals surface area (Å²) in [6.07, 6.45) is 0. The number of furan rings is 1. The summed E-state index contributed by atoms with van der Waals surface area (Å²) in [6.45, 7) is 9.66. The summed E-state index contributed by atoms with van der Waals surface area (Å²) in [5.74, 6) is 0.0271. The second-order valence-electron chi connectivity index (χ2n) is 21.6. The van der Waals surface area contributed by atoms with Crippen molar-refractivity contribution in [2.45, 2.75) is 44.4 Å². The van der Waals surface area contributed by atoms with Crippen molar-refractivity contribution in [3.05, 3.63) is 288 Å². The van der Waals surface area contributed by atoms with E-state index in [9.17, 15) is 0 Å². The summed E-state index contributed by atoms with van der Waals surface area (Å²) in [5.41, 5.74) is 28.3. The zero-order valence-electron chi connectivity index (χ0n) is 42.2. The van der Waals surface area contributed by atoms with Crippen molar-refractivity contribution in [1.82, 2.24) is 0 Å². The molecule has 0 spiro atoms. The van der Waals surface area contributed by atoms with E-state index in [1.54, 1.807) is 0 Å². The van der Waals surface area contributed by atoms with Gasteiger partial charge < -0.3 is 4.42 Å². The van der Waals surface area contributed by atoms with Gasteiger partial charge in [0, 0.05) is 33.1 Å². The Morgan fingerprint density at radius 2 is 0.649 bits per heavy atom. The summed E-state index contributed by atoms with van der Waals surface area (Å²) in [4.78, 5) is 0. The maximum Gasteiger partial charge on any atom is 0.143 e. The minimum Gasteiger partial charge on any atom is -0.455 e. The molecule has 14 rings (SSSR count). The maximum atomic E-state index is 6.53. The molecule has 0 saturated carbocycles. The van der Waals surface area contributed by atoms with E-state index in [2.05, 4.69) is 270 Å². The number of rotatable bonds is 8. The van der Waals surface area contributed by atoms with Crippen LogP contribution in [-0.4, -0.2) is 0 Å². The van der Waals surface area contributed by atoms with Gasteiger partial charge in [-0.3, -0.25) is 0 Å². The Kier molecular flexibility index (Phi) is 10.0. The highest BCUT2D eigenvalue weighted by Gasteiger charge is 2.42. The standard InChI is InChI=1S/C73H54O/c1-72(2)65-42-56(58-19-13-20-62-61-18-11-12-21-69(61)74-71(58)62)38-40-59(65)63-44-68-64(45-67(63)72)60-41-39-57(43-66(60)73(68,3)4)70(54-34-30-52(31-35-54)50-26-22-48(23-27-50)46-14-7-5-8-15-46)55-36-32-53(33-37-55)51-28-24-49(25-29-51)47-16-9-6-10-17-47/h5-45,70H,1-4H3. The molecule has 74 heavy (non-hydrogen) atoms. The molecule has 0 amide bonds. The molecule has 1 aromatic heterocycles. The molecular formula is C73H54O. The Balaban J connectivity index is 0.822. The Bertz CT molecular complexity index is 3990. The molecule has 1 heteroatoms. The van der Waals surface area contributed by atoms with Crippen LogP contribution in [0.2, 0.25) is 0 Å². The second-order valence-corrected chi connectivity index (χ2v) is 21.6. The molecule has 1 nitrogen and oxygen atoms in total. The third kappa shape index (κ3) is 7.06. The highest BCUT2D eigenvalue weighted by Crippen LogP contribution is 2.57. The van der Waals surface area contributed by atoms with Crippen LogP contribution in [-0.2, 0) is 10.8 Å². The van der Waals surface area contributed by atoms with Gasteiger partial charge in [0.1, 0.15) is 11.2 Å². The van der Waals surface area contributed by atoms with Crippen molar-refractivity contribution in [3.63, 3.8) is 0 Å². The number of hydrogen-bond acceptors (Lipinski definition) is 1. The molecule has 11 aromatic carbocycles. The minimum absolute atomic E-state index is 0.0271. The molecule has 0 unspecified atom stereocenters. The fourth-order valence-electron chi connectivity index (χ4n) is 12.6. The van der Waals surface area contributed by atoms with Gasteiger partial charge in [0.2, 0.25) is 0 Å². The Labute approximate surface area is 434 Å². The monoisotopic (exact) mass is 946 g/mol. The molecule has 0 N–H and O–H groups in total. The van der Waals surface area contributed by atoms with Gasteiger partial charge in [0.25, 0.3) is 0 Å². The van der Waals surface area contributed by atoms with E-state index in [1.807, 2.05) is 6.07 Å². The zero-order valence-corrected chi connectivity index (χ0v) is 42.2. The van der Waals surface area contributed by atoms with E-state index >= 15 is 0 Å². The van der Waals surface area contributed by atoms with Crippen LogP contribution < -0.4 is 0 Å². The second kappa shape index (κ2) is 16.9. The third-order valence-electron chi connectivity index (χ3n) is 16.7. The lowest BCUT2D eigenvalue weighted by molar-refractivity contribution is 0.651. The Morgan fingerprint density at radius 3 is 1.16 bits per heavy atom. The predicted molar refractivity (Wildman–Crippen MR) is 310 cm³/mol. The van der Waals surface area contributed by atoms with E-state index in [4.69, 9.17) is 4.42 Å². The van der Waals surface area contributed by atoms with Gasteiger partial charge in [-0.15, -0.1) is 0 Å². The van der Waals surface area contributed by atoms with E-state index in [-0.39, 0.29) is 16.7 Å². The fourth-order valence-corrected chi connectivity index (χ4v) is 12.6. The minimum atomic E-state index is -0.213. The first-order valence-corrected chi connectivity index (χ1v) is 26.1. The van der Waals surface area contributed by atoms with Crippen molar-refractivity contribution in [2.24, 2.45) is 0 Å². The summed E-state index contributed by atoms with van der Waals surface area (Å²) < 4.78 is 6.53. The largest absolute Gasteiger partial charge is 0.455 e. The van der Waals surface area contributed by atoms with Crippen molar-refractivity contribution in [1.29, 1.82) is 0 Å². The van der Waals surface area contributed by atoms with Crippen LogP contribution in [0.25, 0.3) is 99.8 Å². The fraction of sp³-hybridized carbons (Fsp3) is 0.0959. The van der Waals surface area contributed by atoms with Crippen LogP contribution in [0.1, 0.15) is 72.6 Å². The van der Waals surface area contributed by atoms with Crippen LogP contribution in [0.3, 0.4) is 0 Å². The Morgan fingerprint density at radius 1 is 0.270 bits per heavy atom. The van der Waals surface area contributed by atoms with Crippen LogP contribution in [0, 0.1) is 0 Å². The SMILES string of the molecule is CC1(C)c2cc(-c3cccc4c3oc3ccccc34)ccc2-c2cc3c(cc21)-c1ccc(C(c2ccc(-c4ccc(-c5ccccc5)cc4)cc2)c2ccc(-c4ccc(-c5ccccc5)cc4)cc2)cc1C3(C)C. The highest BCUT2D eigenvalue weighted by atomic mass is 16.3. The molecule has 0 bridgehead atoms. The van der Waals surface area contributed by atoms with Crippen molar-refractivity contribution >= 4 is 21.9 Å². The molecule has 12 aromatic rings. The lowest BCUT2D eigenvalue weighted by atomic mass is 9.78. The lowest BCUT2D eigenvalue weighted by Crippen LogP contribution is -2.17. The quantitative estimate of drug-likeness (QED) is 0.138. The first-order valence-electron chi connectivity index (χ1n) is 26.1. The molecule has 0 atom stereocenters. The average molecular weight is 947 g/mol. The molecule has 352 valence electrons. The van der Waals surface area contributed by atoms with Gasteiger partial charge in [-0.2, -0.15) is 0 Å². The first kappa shape index (κ1) is 44.0. The number of fused-ring (bicyclic) bond motifs is 9. The van der Waals surface area contributed by atoms with Crippen LogP contribution in [0.4, 0.5) is 0 Å². The van der Waals surface area contributed by atoms with Gasteiger partial charge in [-0.1, -0.05) is 252 Å². The van der Waals surface area contributed by atoms with Gasteiger partial charge in [0.05, 0.1) is 0 Å². The molecule has 1 heterocycles. The molecule has 0 aliphatic heterocycles. The predicted octanol–water partition coefficient (Wildman–Crippen LogP) is 19.7. The maximum absolute atomic E-state index is 6.53. The van der Waals surface area contributed by atoms with E-state index in [0.29, 0.717) is 0 Å².